The van der Waals surface area contributed by atoms with Crippen LogP contribution in [0.3, 0.4) is 0 Å². The molecule has 1 aromatic rings. The first-order chi connectivity index (χ1) is 14.1. The molecule has 1 aliphatic rings. The van der Waals surface area contributed by atoms with Crippen molar-refractivity contribution in [2.24, 2.45) is 11.8 Å². The number of ether oxygens (including phenoxy) is 1. The lowest BCUT2D eigenvalue weighted by Crippen LogP contribution is -2.41. The van der Waals surface area contributed by atoms with Crippen LogP contribution in [0.5, 0.6) is 11.5 Å². The van der Waals surface area contributed by atoms with Gasteiger partial charge in [0.1, 0.15) is 0 Å². The third-order valence-corrected chi connectivity index (χ3v) is 4.56. The Kier molecular flexibility index (Phi) is 10.7. The molecule has 4 N–H and O–H groups in total. The summed E-state index contributed by atoms with van der Waals surface area (Å²) in [5.74, 6) is -2.10. The first-order valence-electron chi connectivity index (χ1n) is 10.0. The summed E-state index contributed by atoms with van der Waals surface area (Å²) in [4.78, 5) is 32.7. The van der Waals surface area contributed by atoms with Crippen LogP contribution in [0.25, 0.3) is 0 Å². The molecule has 1 saturated heterocycles. The standard InChI is InChI=1S/C19H30N2O3.C2H2O4/c1-4-24-18-11-15(5-6-17(18)22)13-21-9-7-16(8-10-21)19(23)20-12-14(2)3;3-1(4)2(5)6/h5-6,11,14,16,22H,4,7-10,12-13H2,1-3H3,(H,20,23);(H,3,4)(H,5,6). The average molecular weight is 424 g/mol. The van der Waals surface area contributed by atoms with Crippen molar-refractivity contribution in [3.63, 3.8) is 0 Å². The van der Waals surface area contributed by atoms with E-state index in [0.29, 0.717) is 18.3 Å². The van der Waals surface area contributed by atoms with Crippen LogP contribution in [-0.4, -0.2) is 64.3 Å². The first-order valence-corrected chi connectivity index (χ1v) is 10.0. The summed E-state index contributed by atoms with van der Waals surface area (Å²) in [7, 11) is 0. The Labute approximate surface area is 176 Å². The summed E-state index contributed by atoms with van der Waals surface area (Å²) in [6.07, 6.45) is 1.81. The van der Waals surface area contributed by atoms with Gasteiger partial charge in [-0.3, -0.25) is 9.69 Å². The molecule has 0 aromatic heterocycles. The number of carbonyl (C=O) groups excluding carboxylic acids is 1. The fourth-order valence-corrected chi connectivity index (χ4v) is 2.99. The molecule has 1 aromatic carbocycles. The van der Waals surface area contributed by atoms with E-state index in [4.69, 9.17) is 24.5 Å². The van der Waals surface area contributed by atoms with Crippen molar-refractivity contribution in [1.82, 2.24) is 10.2 Å². The Morgan fingerprint density at radius 2 is 1.77 bits per heavy atom. The Morgan fingerprint density at radius 1 is 1.17 bits per heavy atom. The fraction of sp³-hybridized carbons (Fsp3) is 0.571. The van der Waals surface area contributed by atoms with Crippen molar-refractivity contribution < 1.29 is 34.4 Å². The van der Waals surface area contributed by atoms with Gasteiger partial charge in [0.2, 0.25) is 5.91 Å². The normalized spacial score (nSPS) is 14.5. The van der Waals surface area contributed by atoms with Crippen molar-refractivity contribution in [3.05, 3.63) is 23.8 Å². The van der Waals surface area contributed by atoms with Gasteiger partial charge in [-0.25, -0.2) is 9.59 Å². The lowest BCUT2D eigenvalue weighted by atomic mass is 9.95. The summed E-state index contributed by atoms with van der Waals surface area (Å²) in [5.41, 5.74) is 1.12. The molecule has 0 radical (unpaired) electrons. The topological polar surface area (TPSA) is 136 Å². The van der Waals surface area contributed by atoms with Gasteiger partial charge in [-0.1, -0.05) is 19.9 Å². The van der Waals surface area contributed by atoms with E-state index in [1.165, 1.54) is 0 Å². The van der Waals surface area contributed by atoms with Crippen LogP contribution in [0.15, 0.2) is 18.2 Å². The van der Waals surface area contributed by atoms with Gasteiger partial charge in [-0.15, -0.1) is 0 Å². The number of aliphatic carboxylic acids is 2. The van der Waals surface area contributed by atoms with Crippen LogP contribution < -0.4 is 10.1 Å². The Hall–Kier alpha value is -2.81. The van der Waals surface area contributed by atoms with Crippen molar-refractivity contribution in [2.75, 3.05) is 26.2 Å². The summed E-state index contributed by atoms with van der Waals surface area (Å²) < 4.78 is 5.44. The second-order valence-corrected chi connectivity index (χ2v) is 7.53. The van der Waals surface area contributed by atoms with Crippen molar-refractivity contribution >= 4 is 17.8 Å². The summed E-state index contributed by atoms with van der Waals surface area (Å²) >= 11 is 0. The number of rotatable bonds is 7. The quantitative estimate of drug-likeness (QED) is 0.488. The number of aromatic hydroxyl groups is 1. The Morgan fingerprint density at radius 3 is 2.27 bits per heavy atom. The molecule has 0 bridgehead atoms. The van der Waals surface area contributed by atoms with E-state index >= 15 is 0 Å². The molecule has 0 spiro atoms. The molecule has 1 amide bonds. The molecular weight excluding hydrogens is 392 g/mol. The molecule has 30 heavy (non-hydrogen) atoms. The maximum atomic E-state index is 12.1. The molecule has 0 saturated carbocycles. The Balaban J connectivity index is 0.000000656. The molecule has 0 atom stereocenters. The van der Waals surface area contributed by atoms with E-state index in [1.807, 2.05) is 19.1 Å². The van der Waals surface area contributed by atoms with Gasteiger partial charge in [-0.05, 0) is 56.5 Å². The average Bonchev–Trinajstić information content (AvgIpc) is 2.70. The van der Waals surface area contributed by atoms with E-state index in [2.05, 4.69) is 24.1 Å². The van der Waals surface area contributed by atoms with E-state index in [9.17, 15) is 9.90 Å². The minimum absolute atomic E-state index is 0.138. The summed E-state index contributed by atoms with van der Waals surface area (Å²) in [5, 5.41) is 27.6. The van der Waals surface area contributed by atoms with Crippen LogP contribution in [0, 0.1) is 11.8 Å². The number of likely N-dealkylation sites (tertiary alicyclic amines) is 1. The van der Waals surface area contributed by atoms with Crippen molar-refractivity contribution in [1.29, 1.82) is 0 Å². The number of carboxylic acid groups (broad SMARTS) is 2. The van der Waals surface area contributed by atoms with Gasteiger partial charge in [0, 0.05) is 19.0 Å². The highest BCUT2D eigenvalue weighted by Crippen LogP contribution is 2.28. The maximum absolute atomic E-state index is 12.1. The predicted molar refractivity (Wildman–Crippen MR) is 110 cm³/mol. The van der Waals surface area contributed by atoms with Crippen LogP contribution in [0.2, 0.25) is 0 Å². The molecule has 1 fully saturated rings. The van der Waals surface area contributed by atoms with Crippen molar-refractivity contribution in [2.45, 2.75) is 40.2 Å². The number of nitrogens with zero attached hydrogens (tertiary/aromatic N) is 1. The molecular formula is C21H32N2O7. The first kappa shape index (κ1) is 25.2. The van der Waals surface area contributed by atoms with E-state index in [0.717, 1.165) is 44.6 Å². The smallest absolute Gasteiger partial charge is 0.414 e. The Bertz CT molecular complexity index is 701. The van der Waals surface area contributed by atoms with Gasteiger partial charge in [-0.2, -0.15) is 0 Å². The van der Waals surface area contributed by atoms with Crippen LogP contribution in [-0.2, 0) is 20.9 Å². The summed E-state index contributed by atoms with van der Waals surface area (Å²) in [6.45, 7) is 10.1. The molecule has 1 heterocycles. The summed E-state index contributed by atoms with van der Waals surface area (Å²) in [6, 6.07) is 5.52. The molecule has 1 aliphatic heterocycles. The molecule has 9 heteroatoms. The predicted octanol–water partition coefficient (Wildman–Crippen LogP) is 1.93. The van der Waals surface area contributed by atoms with Gasteiger partial charge < -0.3 is 25.4 Å². The van der Waals surface area contributed by atoms with Crippen LogP contribution in [0.1, 0.15) is 39.2 Å². The number of nitrogens with one attached hydrogen (secondary N) is 1. The van der Waals surface area contributed by atoms with Crippen molar-refractivity contribution in [3.8, 4) is 11.5 Å². The second kappa shape index (κ2) is 12.7. The van der Waals surface area contributed by atoms with E-state index < -0.39 is 11.9 Å². The third kappa shape index (κ3) is 9.13. The largest absolute Gasteiger partial charge is 0.504 e. The van der Waals surface area contributed by atoms with Gasteiger partial charge in [0.15, 0.2) is 11.5 Å². The molecule has 2 rings (SSSR count). The zero-order valence-electron chi connectivity index (χ0n) is 17.8. The van der Waals surface area contributed by atoms with Gasteiger partial charge in [0.25, 0.3) is 0 Å². The highest BCUT2D eigenvalue weighted by Gasteiger charge is 2.25. The van der Waals surface area contributed by atoms with Crippen LogP contribution >= 0.6 is 0 Å². The van der Waals surface area contributed by atoms with Crippen LogP contribution in [0.4, 0.5) is 0 Å². The number of hydrogen-bond donors (Lipinski definition) is 4. The molecule has 168 valence electrons. The number of carboxylic acids is 2. The second-order valence-electron chi connectivity index (χ2n) is 7.53. The third-order valence-electron chi connectivity index (χ3n) is 4.56. The SMILES string of the molecule is CCOc1cc(CN2CCC(C(=O)NCC(C)C)CC2)ccc1O.O=C(O)C(=O)O. The minimum atomic E-state index is -1.82. The number of carbonyl (C=O) groups is 3. The zero-order chi connectivity index (χ0) is 22.7. The number of hydrogen-bond acceptors (Lipinski definition) is 6. The number of benzene rings is 1. The fourth-order valence-electron chi connectivity index (χ4n) is 2.99. The van der Waals surface area contributed by atoms with E-state index in [-0.39, 0.29) is 17.6 Å². The monoisotopic (exact) mass is 424 g/mol. The van der Waals surface area contributed by atoms with Gasteiger partial charge in [0.05, 0.1) is 6.61 Å². The lowest BCUT2D eigenvalue weighted by molar-refractivity contribution is -0.159. The number of amides is 1. The highest BCUT2D eigenvalue weighted by molar-refractivity contribution is 6.27. The van der Waals surface area contributed by atoms with Gasteiger partial charge >= 0.3 is 11.9 Å². The minimum Gasteiger partial charge on any atom is -0.504 e. The number of phenolic OH excluding ortho intramolecular Hbond substituents is 1. The van der Waals surface area contributed by atoms with E-state index in [1.54, 1.807) is 6.07 Å². The number of piperidine rings is 1. The lowest BCUT2D eigenvalue weighted by Gasteiger charge is -2.31. The maximum Gasteiger partial charge on any atom is 0.414 e. The highest BCUT2D eigenvalue weighted by atomic mass is 16.5. The molecule has 0 aliphatic carbocycles. The zero-order valence-corrected chi connectivity index (χ0v) is 17.8. The number of phenols is 1. The molecule has 9 nitrogen and oxygen atoms in total. The molecule has 0 unspecified atom stereocenters.